The van der Waals surface area contributed by atoms with E-state index in [-0.39, 0.29) is 11.7 Å². The monoisotopic (exact) mass is 362 g/mol. The van der Waals surface area contributed by atoms with Crippen LogP contribution in [0.1, 0.15) is 27.9 Å². The number of halogens is 2. The molecule has 1 amide bonds. The Labute approximate surface area is 137 Å². The first-order valence-corrected chi connectivity index (χ1v) is 7.95. The lowest BCUT2D eigenvalue weighted by molar-refractivity contribution is 0.0747. The van der Waals surface area contributed by atoms with Gasteiger partial charge in [0.2, 0.25) is 0 Å². The minimum absolute atomic E-state index is 0.0813. The van der Waals surface area contributed by atoms with Crippen molar-refractivity contribution in [3.05, 3.63) is 63.4 Å². The van der Waals surface area contributed by atoms with Gasteiger partial charge in [0.15, 0.2) is 0 Å². The van der Waals surface area contributed by atoms with Crippen molar-refractivity contribution in [2.75, 3.05) is 12.3 Å². The third kappa shape index (κ3) is 2.99. The fourth-order valence-corrected chi connectivity index (χ4v) is 3.18. The van der Waals surface area contributed by atoms with Crippen LogP contribution >= 0.6 is 15.9 Å². The van der Waals surface area contributed by atoms with Gasteiger partial charge in [-0.2, -0.15) is 0 Å². The van der Waals surface area contributed by atoms with E-state index in [1.165, 1.54) is 6.07 Å². The summed E-state index contributed by atoms with van der Waals surface area (Å²) in [6.07, 6.45) is 1.60. The van der Waals surface area contributed by atoms with Crippen molar-refractivity contribution in [2.45, 2.75) is 19.4 Å². The average Bonchev–Trinajstić information content (AvgIpc) is 2.68. The molecule has 2 N–H and O–H groups in total. The molecule has 2 aromatic rings. The van der Waals surface area contributed by atoms with Crippen molar-refractivity contribution >= 4 is 27.5 Å². The van der Waals surface area contributed by atoms with E-state index in [0.29, 0.717) is 24.3 Å². The Morgan fingerprint density at radius 1 is 1.18 bits per heavy atom. The zero-order chi connectivity index (χ0) is 15.7. The molecule has 0 saturated heterocycles. The van der Waals surface area contributed by atoms with Crippen LogP contribution in [0, 0.1) is 5.82 Å². The standard InChI is InChI=1S/C17H16BrFN2O/c18-13-4-6-15(16(20)9-13)17(22)21-7-1-2-11-8-14(19)5-3-12(11)10-21/h3-6,8-9H,1-2,7,10,20H2. The first-order chi connectivity index (χ1) is 10.5. The number of nitrogens with zero attached hydrogens (tertiary/aromatic N) is 1. The number of hydrogen-bond acceptors (Lipinski definition) is 2. The second kappa shape index (κ2) is 6.08. The SMILES string of the molecule is Nc1cc(Br)ccc1C(=O)N1CCCc2cc(F)ccc2C1. The number of carbonyl (C=O) groups is 1. The number of anilines is 1. The molecule has 22 heavy (non-hydrogen) atoms. The predicted molar refractivity (Wildman–Crippen MR) is 88.0 cm³/mol. The highest BCUT2D eigenvalue weighted by Gasteiger charge is 2.22. The number of nitrogen functional groups attached to an aromatic ring is 1. The van der Waals surface area contributed by atoms with E-state index in [2.05, 4.69) is 15.9 Å². The second-order valence-electron chi connectivity index (χ2n) is 5.47. The van der Waals surface area contributed by atoms with Crippen LogP contribution in [0.4, 0.5) is 10.1 Å². The van der Waals surface area contributed by atoms with Gasteiger partial charge in [-0.05, 0) is 54.3 Å². The van der Waals surface area contributed by atoms with Gasteiger partial charge < -0.3 is 10.6 Å². The van der Waals surface area contributed by atoms with Gasteiger partial charge in [-0.25, -0.2) is 4.39 Å². The third-order valence-corrected chi connectivity index (χ3v) is 4.43. The second-order valence-corrected chi connectivity index (χ2v) is 6.39. The van der Waals surface area contributed by atoms with Crippen LogP contribution in [0.3, 0.4) is 0 Å². The van der Waals surface area contributed by atoms with E-state index in [4.69, 9.17) is 5.73 Å². The fourth-order valence-electron chi connectivity index (χ4n) is 2.80. The summed E-state index contributed by atoms with van der Waals surface area (Å²) in [7, 11) is 0. The Hall–Kier alpha value is -1.88. The highest BCUT2D eigenvalue weighted by Crippen LogP contribution is 2.24. The summed E-state index contributed by atoms with van der Waals surface area (Å²) in [5.41, 5.74) is 8.91. The van der Waals surface area contributed by atoms with E-state index in [1.807, 2.05) is 6.07 Å². The van der Waals surface area contributed by atoms with E-state index in [0.717, 1.165) is 28.4 Å². The molecule has 114 valence electrons. The summed E-state index contributed by atoms with van der Waals surface area (Å²) in [6.45, 7) is 1.13. The van der Waals surface area contributed by atoms with Crippen LogP contribution in [0.15, 0.2) is 40.9 Å². The molecule has 0 unspecified atom stereocenters. The number of aryl methyl sites for hydroxylation is 1. The van der Waals surface area contributed by atoms with Gasteiger partial charge in [-0.15, -0.1) is 0 Å². The first kappa shape index (κ1) is 15.0. The lowest BCUT2D eigenvalue weighted by Crippen LogP contribution is -2.31. The first-order valence-electron chi connectivity index (χ1n) is 7.16. The van der Waals surface area contributed by atoms with Gasteiger partial charge in [0.05, 0.1) is 5.56 Å². The van der Waals surface area contributed by atoms with E-state index in [9.17, 15) is 9.18 Å². The van der Waals surface area contributed by atoms with E-state index in [1.54, 1.807) is 29.2 Å². The van der Waals surface area contributed by atoms with Crippen molar-refractivity contribution < 1.29 is 9.18 Å². The van der Waals surface area contributed by atoms with Gasteiger partial charge in [0.25, 0.3) is 5.91 Å². The van der Waals surface area contributed by atoms with Crippen LogP contribution in [-0.2, 0) is 13.0 Å². The van der Waals surface area contributed by atoms with Crippen molar-refractivity contribution in [3.63, 3.8) is 0 Å². The molecule has 0 atom stereocenters. The van der Waals surface area contributed by atoms with Crippen LogP contribution < -0.4 is 5.73 Å². The van der Waals surface area contributed by atoms with Crippen LogP contribution in [0.2, 0.25) is 0 Å². The largest absolute Gasteiger partial charge is 0.398 e. The molecule has 3 rings (SSSR count). The van der Waals surface area contributed by atoms with Gasteiger partial charge in [-0.1, -0.05) is 22.0 Å². The molecule has 3 nitrogen and oxygen atoms in total. The van der Waals surface area contributed by atoms with Gasteiger partial charge in [-0.3, -0.25) is 4.79 Å². The van der Waals surface area contributed by atoms with E-state index < -0.39 is 0 Å². The number of carbonyl (C=O) groups excluding carboxylic acids is 1. The Morgan fingerprint density at radius 2 is 2.00 bits per heavy atom. The topological polar surface area (TPSA) is 46.3 Å². The summed E-state index contributed by atoms with van der Waals surface area (Å²) in [5.74, 6) is -0.308. The Kier molecular flexibility index (Phi) is 4.16. The number of hydrogen-bond donors (Lipinski definition) is 1. The van der Waals surface area contributed by atoms with Crippen molar-refractivity contribution in [3.8, 4) is 0 Å². The average molecular weight is 363 g/mol. The molecule has 1 aliphatic heterocycles. The van der Waals surface area contributed by atoms with Gasteiger partial charge in [0, 0.05) is 23.2 Å². The van der Waals surface area contributed by atoms with Crippen molar-refractivity contribution in [1.29, 1.82) is 0 Å². The number of nitrogens with two attached hydrogens (primary N) is 1. The van der Waals surface area contributed by atoms with Crippen molar-refractivity contribution in [1.82, 2.24) is 4.90 Å². The maximum absolute atomic E-state index is 13.3. The molecule has 1 heterocycles. The highest BCUT2D eigenvalue weighted by atomic mass is 79.9. The summed E-state index contributed by atoms with van der Waals surface area (Å²) >= 11 is 3.34. The zero-order valence-corrected chi connectivity index (χ0v) is 13.6. The zero-order valence-electron chi connectivity index (χ0n) is 12.0. The summed E-state index contributed by atoms with van der Waals surface area (Å²) in [6, 6.07) is 10.1. The maximum atomic E-state index is 13.3. The number of amides is 1. The van der Waals surface area contributed by atoms with Gasteiger partial charge in [0.1, 0.15) is 5.82 Å². The Morgan fingerprint density at radius 3 is 2.77 bits per heavy atom. The molecular weight excluding hydrogens is 347 g/mol. The highest BCUT2D eigenvalue weighted by molar-refractivity contribution is 9.10. The molecule has 0 aliphatic carbocycles. The third-order valence-electron chi connectivity index (χ3n) is 3.93. The van der Waals surface area contributed by atoms with Crippen LogP contribution in [0.25, 0.3) is 0 Å². The van der Waals surface area contributed by atoms with E-state index >= 15 is 0 Å². The minimum atomic E-state index is -0.226. The van der Waals surface area contributed by atoms with Crippen LogP contribution in [0.5, 0.6) is 0 Å². The number of rotatable bonds is 1. The number of benzene rings is 2. The fraction of sp³-hybridized carbons (Fsp3) is 0.235. The minimum Gasteiger partial charge on any atom is -0.398 e. The predicted octanol–water partition coefficient (Wildman–Crippen LogP) is 3.76. The quantitative estimate of drug-likeness (QED) is 0.785. The molecule has 0 saturated carbocycles. The Balaban J connectivity index is 1.88. The molecular formula is C17H16BrFN2O. The normalized spacial score (nSPS) is 14.4. The van der Waals surface area contributed by atoms with Crippen molar-refractivity contribution in [2.24, 2.45) is 0 Å². The number of fused-ring (bicyclic) bond motifs is 1. The maximum Gasteiger partial charge on any atom is 0.256 e. The summed E-state index contributed by atoms with van der Waals surface area (Å²) in [5, 5.41) is 0. The molecule has 0 aromatic heterocycles. The molecule has 0 spiro atoms. The summed E-state index contributed by atoms with van der Waals surface area (Å²) < 4.78 is 14.2. The molecule has 0 radical (unpaired) electrons. The van der Waals surface area contributed by atoms with Crippen LogP contribution in [-0.4, -0.2) is 17.4 Å². The summed E-state index contributed by atoms with van der Waals surface area (Å²) in [4.78, 5) is 14.5. The molecule has 5 heteroatoms. The smallest absolute Gasteiger partial charge is 0.256 e. The lowest BCUT2D eigenvalue weighted by Gasteiger charge is -2.22. The lowest BCUT2D eigenvalue weighted by atomic mass is 10.0. The molecule has 0 fully saturated rings. The Bertz CT molecular complexity index is 733. The molecule has 2 aromatic carbocycles. The molecule has 0 bridgehead atoms. The van der Waals surface area contributed by atoms with Gasteiger partial charge >= 0.3 is 0 Å². The molecule has 1 aliphatic rings.